The predicted molar refractivity (Wildman–Crippen MR) is 105 cm³/mol. The van der Waals surface area contributed by atoms with E-state index >= 15 is 0 Å². The Morgan fingerprint density at radius 2 is 1.93 bits per heavy atom. The first-order valence-corrected chi connectivity index (χ1v) is 9.69. The van der Waals surface area contributed by atoms with Crippen LogP contribution in [0.3, 0.4) is 0 Å². The molecule has 27 heavy (non-hydrogen) atoms. The summed E-state index contributed by atoms with van der Waals surface area (Å²) < 4.78 is 2.10. The first-order chi connectivity index (χ1) is 13.2. The lowest BCUT2D eigenvalue weighted by atomic mass is 9.94. The quantitative estimate of drug-likeness (QED) is 0.694. The molecule has 1 saturated heterocycles. The average Bonchev–Trinajstić information content (AvgIpc) is 3.19. The minimum absolute atomic E-state index is 0.335. The van der Waals surface area contributed by atoms with Crippen LogP contribution in [0.5, 0.6) is 0 Å². The van der Waals surface area contributed by atoms with Crippen molar-refractivity contribution in [2.24, 2.45) is 0 Å². The number of hydrogen-bond acceptors (Lipinski definition) is 5. The second-order valence-corrected chi connectivity index (χ2v) is 7.47. The highest BCUT2D eigenvalue weighted by atomic mass is 15.2. The van der Waals surface area contributed by atoms with Crippen molar-refractivity contribution < 1.29 is 0 Å². The summed E-state index contributed by atoms with van der Waals surface area (Å²) in [4.78, 5) is 20.9. The highest BCUT2D eigenvalue weighted by Crippen LogP contribution is 2.30. The molecule has 6 heteroatoms. The zero-order valence-corrected chi connectivity index (χ0v) is 16.0. The third kappa shape index (κ3) is 3.90. The van der Waals surface area contributed by atoms with Gasteiger partial charge in [-0.15, -0.1) is 0 Å². The van der Waals surface area contributed by atoms with Crippen LogP contribution in [0, 0.1) is 0 Å². The van der Waals surface area contributed by atoms with E-state index in [9.17, 15) is 0 Å². The lowest BCUT2D eigenvalue weighted by Crippen LogP contribution is -2.35. The Labute approximate surface area is 160 Å². The molecule has 1 aliphatic heterocycles. The number of rotatable bonds is 5. The molecule has 0 aromatic carbocycles. The standard InChI is InChI=1S/C21H26N6/c1-16(2)20-25-11-13-27(20)21-19(23-9-10-24-21)17-6-5-12-26(14-17)15-18-7-3-4-8-22-18/h3-4,7-11,13,16-17H,5-6,12,14-15H2,1-2H3/t17-/m0/s1. The SMILES string of the molecule is CC(C)c1nccn1-c1nccnc1[C@H]1CCCN(Cc2ccccn2)C1. The number of aromatic nitrogens is 5. The molecule has 0 bridgehead atoms. The first kappa shape index (κ1) is 17.8. The molecule has 0 spiro atoms. The highest BCUT2D eigenvalue weighted by Gasteiger charge is 2.26. The molecule has 1 fully saturated rings. The molecule has 0 aliphatic carbocycles. The largest absolute Gasteiger partial charge is 0.297 e. The summed E-state index contributed by atoms with van der Waals surface area (Å²) in [5.74, 6) is 2.65. The Kier molecular flexibility index (Phi) is 5.25. The Balaban J connectivity index is 1.59. The van der Waals surface area contributed by atoms with Gasteiger partial charge in [-0.25, -0.2) is 9.97 Å². The zero-order valence-electron chi connectivity index (χ0n) is 16.0. The van der Waals surface area contributed by atoms with Crippen LogP contribution in [0.15, 0.2) is 49.2 Å². The third-order valence-corrected chi connectivity index (χ3v) is 5.12. The van der Waals surface area contributed by atoms with Gasteiger partial charge in [-0.05, 0) is 31.5 Å². The minimum atomic E-state index is 0.335. The van der Waals surface area contributed by atoms with E-state index in [1.54, 1.807) is 6.20 Å². The molecule has 3 aromatic rings. The Bertz CT molecular complexity index is 873. The van der Waals surface area contributed by atoms with Crippen molar-refractivity contribution in [2.75, 3.05) is 13.1 Å². The van der Waals surface area contributed by atoms with Crippen LogP contribution in [0.1, 0.15) is 55.7 Å². The predicted octanol–water partition coefficient (Wildman–Crippen LogP) is 3.56. The minimum Gasteiger partial charge on any atom is -0.297 e. The molecule has 4 heterocycles. The van der Waals surface area contributed by atoms with E-state index in [0.29, 0.717) is 11.8 Å². The number of likely N-dealkylation sites (tertiary alicyclic amines) is 1. The summed E-state index contributed by atoms with van der Waals surface area (Å²) in [7, 11) is 0. The van der Waals surface area contributed by atoms with Gasteiger partial charge in [0.05, 0.1) is 11.4 Å². The van der Waals surface area contributed by atoms with Gasteiger partial charge in [0.1, 0.15) is 5.82 Å². The maximum absolute atomic E-state index is 4.75. The van der Waals surface area contributed by atoms with Gasteiger partial charge in [0, 0.05) is 55.9 Å². The van der Waals surface area contributed by atoms with Crippen molar-refractivity contribution in [2.45, 2.75) is 45.1 Å². The summed E-state index contributed by atoms with van der Waals surface area (Å²) in [6.45, 7) is 7.28. The number of pyridine rings is 1. The Hall–Kier alpha value is -2.60. The summed E-state index contributed by atoms with van der Waals surface area (Å²) in [5, 5.41) is 0. The molecule has 140 valence electrons. The normalized spacial score (nSPS) is 18.1. The van der Waals surface area contributed by atoms with Gasteiger partial charge in [0.2, 0.25) is 0 Å². The molecule has 0 unspecified atom stereocenters. The molecular weight excluding hydrogens is 336 g/mol. The van der Waals surface area contributed by atoms with Crippen LogP contribution in [-0.4, -0.2) is 42.5 Å². The molecule has 3 aromatic heterocycles. The van der Waals surface area contributed by atoms with Gasteiger partial charge in [0.25, 0.3) is 0 Å². The summed E-state index contributed by atoms with van der Waals surface area (Å²) in [5.41, 5.74) is 2.19. The second-order valence-electron chi connectivity index (χ2n) is 7.47. The molecule has 1 atom stereocenters. The fourth-order valence-corrected chi connectivity index (χ4v) is 3.88. The maximum atomic E-state index is 4.75. The summed E-state index contributed by atoms with van der Waals surface area (Å²) >= 11 is 0. The highest BCUT2D eigenvalue weighted by molar-refractivity contribution is 5.33. The second kappa shape index (κ2) is 7.96. The topological polar surface area (TPSA) is 59.7 Å². The van der Waals surface area contributed by atoms with Crippen LogP contribution in [-0.2, 0) is 6.54 Å². The van der Waals surface area contributed by atoms with E-state index in [1.165, 1.54) is 0 Å². The van der Waals surface area contributed by atoms with Gasteiger partial charge in [0.15, 0.2) is 5.82 Å². The van der Waals surface area contributed by atoms with Crippen LogP contribution >= 0.6 is 0 Å². The number of imidazole rings is 1. The van der Waals surface area contributed by atoms with E-state index in [2.05, 4.69) is 50.4 Å². The van der Waals surface area contributed by atoms with Crippen LogP contribution in [0.25, 0.3) is 5.82 Å². The van der Waals surface area contributed by atoms with Crippen LogP contribution in [0.2, 0.25) is 0 Å². The van der Waals surface area contributed by atoms with Crippen molar-refractivity contribution in [3.8, 4) is 5.82 Å². The third-order valence-electron chi connectivity index (χ3n) is 5.12. The Morgan fingerprint density at radius 1 is 1.04 bits per heavy atom. The molecule has 4 rings (SSSR count). The van der Waals surface area contributed by atoms with Gasteiger partial charge in [-0.2, -0.15) is 0 Å². The van der Waals surface area contributed by atoms with E-state index in [1.807, 2.05) is 30.9 Å². The molecule has 0 saturated carbocycles. The van der Waals surface area contributed by atoms with E-state index in [0.717, 1.165) is 55.5 Å². The number of hydrogen-bond donors (Lipinski definition) is 0. The molecule has 1 aliphatic rings. The van der Waals surface area contributed by atoms with Crippen LogP contribution < -0.4 is 0 Å². The summed E-state index contributed by atoms with van der Waals surface area (Å²) in [6, 6.07) is 6.11. The first-order valence-electron chi connectivity index (χ1n) is 9.69. The van der Waals surface area contributed by atoms with Crippen molar-refractivity contribution >= 4 is 0 Å². The van der Waals surface area contributed by atoms with Gasteiger partial charge in [-0.3, -0.25) is 19.4 Å². The van der Waals surface area contributed by atoms with Gasteiger partial charge >= 0.3 is 0 Å². The Morgan fingerprint density at radius 3 is 2.74 bits per heavy atom. The molecule has 0 N–H and O–H groups in total. The smallest absolute Gasteiger partial charge is 0.160 e. The van der Waals surface area contributed by atoms with E-state index in [-0.39, 0.29) is 0 Å². The lowest BCUT2D eigenvalue weighted by Gasteiger charge is -2.32. The van der Waals surface area contributed by atoms with E-state index < -0.39 is 0 Å². The average molecular weight is 362 g/mol. The summed E-state index contributed by atoms with van der Waals surface area (Å²) in [6.07, 6.45) is 11.6. The molecule has 6 nitrogen and oxygen atoms in total. The fraction of sp³-hybridized carbons (Fsp3) is 0.429. The van der Waals surface area contributed by atoms with E-state index in [4.69, 9.17) is 4.98 Å². The lowest BCUT2D eigenvalue weighted by molar-refractivity contribution is 0.196. The monoisotopic (exact) mass is 362 g/mol. The van der Waals surface area contributed by atoms with Crippen molar-refractivity contribution in [1.82, 2.24) is 29.4 Å². The maximum Gasteiger partial charge on any atom is 0.160 e. The molecular formula is C21H26N6. The number of piperidine rings is 1. The van der Waals surface area contributed by atoms with Gasteiger partial charge < -0.3 is 0 Å². The molecule has 0 radical (unpaired) electrons. The van der Waals surface area contributed by atoms with Crippen molar-refractivity contribution in [1.29, 1.82) is 0 Å². The number of nitrogens with zero attached hydrogens (tertiary/aromatic N) is 6. The van der Waals surface area contributed by atoms with Crippen LogP contribution in [0.4, 0.5) is 0 Å². The van der Waals surface area contributed by atoms with Crippen molar-refractivity contribution in [3.63, 3.8) is 0 Å². The molecule has 0 amide bonds. The van der Waals surface area contributed by atoms with Gasteiger partial charge in [-0.1, -0.05) is 19.9 Å². The van der Waals surface area contributed by atoms with Crippen molar-refractivity contribution in [3.05, 3.63) is 66.4 Å². The fourth-order valence-electron chi connectivity index (χ4n) is 3.88. The zero-order chi connectivity index (χ0) is 18.6.